The molecule has 1 saturated heterocycles. The first-order chi connectivity index (χ1) is 13.9. The number of rotatable bonds is 6. The minimum absolute atomic E-state index is 0.00983. The molecule has 0 aliphatic carbocycles. The van der Waals surface area contributed by atoms with Crippen molar-refractivity contribution in [3.63, 3.8) is 0 Å². The summed E-state index contributed by atoms with van der Waals surface area (Å²) in [5.41, 5.74) is 4.15. The second-order valence-corrected chi connectivity index (χ2v) is 6.59. The monoisotopic (exact) mass is 402 g/mol. The largest absolute Gasteiger partial charge is 0.497 e. The van der Waals surface area contributed by atoms with E-state index in [-0.39, 0.29) is 30.5 Å². The Labute approximate surface area is 165 Å². The van der Waals surface area contributed by atoms with Gasteiger partial charge in [-0.3, -0.25) is 23.9 Å². The van der Waals surface area contributed by atoms with Crippen LogP contribution in [0, 0.1) is 0 Å². The number of carbonyl (C=O) groups excluding carboxylic acids is 2. The number of aromatic amines is 1. The van der Waals surface area contributed by atoms with Crippen LogP contribution in [0.2, 0.25) is 0 Å². The lowest BCUT2D eigenvalue weighted by molar-refractivity contribution is -0.139. The second-order valence-electron chi connectivity index (χ2n) is 6.59. The van der Waals surface area contributed by atoms with Crippen molar-refractivity contribution in [1.82, 2.24) is 14.5 Å². The highest BCUT2D eigenvalue weighted by molar-refractivity contribution is 5.91. The molecule has 1 aromatic heterocycles. The Morgan fingerprint density at radius 2 is 2.14 bits per heavy atom. The highest BCUT2D eigenvalue weighted by Gasteiger charge is 2.25. The molecule has 2 aromatic rings. The molecule has 3 N–H and O–H groups in total. The fourth-order valence-electron chi connectivity index (χ4n) is 3.14. The molecule has 1 unspecified atom stereocenters. The molecule has 0 spiro atoms. The summed E-state index contributed by atoms with van der Waals surface area (Å²) >= 11 is 0. The van der Waals surface area contributed by atoms with Crippen molar-refractivity contribution in [2.45, 2.75) is 19.1 Å². The van der Waals surface area contributed by atoms with E-state index in [4.69, 9.17) is 15.2 Å². The maximum Gasteiger partial charge on any atom is 0.328 e. The van der Waals surface area contributed by atoms with Crippen LogP contribution < -0.4 is 21.7 Å². The molecular formula is C19H22N4O6. The number of aromatic nitrogens is 2. The third-order valence-corrected chi connectivity index (χ3v) is 4.73. The lowest BCUT2D eigenvalue weighted by Gasteiger charge is -2.33. The van der Waals surface area contributed by atoms with Crippen LogP contribution in [0.25, 0.3) is 0 Å². The number of H-pyrrole nitrogens is 1. The zero-order valence-corrected chi connectivity index (χ0v) is 15.9. The van der Waals surface area contributed by atoms with E-state index < -0.39 is 17.2 Å². The SMILES string of the molecule is COc1cccc(C2CN(C(=O)CCn3cc(C(N)=O)c(=O)[nH]c3=O)CCO2)c1. The number of nitrogens with one attached hydrogen (secondary N) is 1. The fourth-order valence-corrected chi connectivity index (χ4v) is 3.14. The van der Waals surface area contributed by atoms with Gasteiger partial charge in [0.1, 0.15) is 17.4 Å². The molecule has 0 bridgehead atoms. The van der Waals surface area contributed by atoms with Gasteiger partial charge in [-0.1, -0.05) is 12.1 Å². The summed E-state index contributed by atoms with van der Waals surface area (Å²) in [4.78, 5) is 51.1. The van der Waals surface area contributed by atoms with Crippen LogP contribution in [-0.2, 0) is 16.1 Å². The molecule has 0 saturated carbocycles. The van der Waals surface area contributed by atoms with E-state index in [9.17, 15) is 19.2 Å². The summed E-state index contributed by atoms with van der Waals surface area (Å²) in [5.74, 6) is -0.405. The quantitative estimate of drug-likeness (QED) is 0.677. The summed E-state index contributed by atoms with van der Waals surface area (Å²) < 4.78 is 12.1. The molecule has 10 heteroatoms. The van der Waals surface area contributed by atoms with E-state index in [0.29, 0.717) is 25.4 Å². The number of nitrogens with zero attached hydrogens (tertiary/aromatic N) is 2. The van der Waals surface area contributed by atoms with Gasteiger partial charge < -0.3 is 20.1 Å². The van der Waals surface area contributed by atoms with Gasteiger partial charge in [0, 0.05) is 25.7 Å². The first-order valence-corrected chi connectivity index (χ1v) is 9.06. The van der Waals surface area contributed by atoms with Crippen LogP contribution in [0.5, 0.6) is 5.75 Å². The van der Waals surface area contributed by atoms with E-state index in [2.05, 4.69) is 0 Å². The molecule has 1 atom stereocenters. The number of aryl methyl sites for hydroxylation is 1. The first kappa shape index (κ1) is 20.3. The molecule has 10 nitrogen and oxygen atoms in total. The number of nitrogens with two attached hydrogens (primary N) is 1. The third kappa shape index (κ3) is 4.72. The summed E-state index contributed by atoms with van der Waals surface area (Å²) in [6.07, 6.45) is 0.824. The smallest absolute Gasteiger partial charge is 0.328 e. The Hall–Kier alpha value is -3.40. The maximum absolute atomic E-state index is 12.6. The van der Waals surface area contributed by atoms with Gasteiger partial charge in [-0.2, -0.15) is 0 Å². The normalized spacial score (nSPS) is 16.4. The average molecular weight is 402 g/mol. The van der Waals surface area contributed by atoms with Crippen LogP contribution in [0.1, 0.15) is 28.4 Å². The highest BCUT2D eigenvalue weighted by atomic mass is 16.5. The van der Waals surface area contributed by atoms with Crippen molar-refractivity contribution < 1.29 is 19.1 Å². The van der Waals surface area contributed by atoms with Gasteiger partial charge >= 0.3 is 5.69 Å². The Morgan fingerprint density at radius 3 is 2.86 bits per heavy atom. The molecule has 1 fully saturated rings. The fraction of sp³-hybridized carbons (Fsp3) is 0.368. The zero-order valence-electron chi connectivity index (χ0n) is 15.9. The summed E-state index contributed by atoms with van der Waals surface area (Å²) in [5, 5.41) is 0. The van der Waals surface area contributed by atoms with E-state index in [0.717, 1.165) is 16.3 Å². The second kappa shape index (κ2) is 8.74. The summed E-state index contributed by atoms with van der Waals surface area (Å²) in [7, 11) is 1.58. The predicted molar refractivity (Wildman–Crippen MR) is 103 cm³/mol. The predicted octanol–water partition coefficient (Wildman–Crippen LogP) is -0.366. The number of benzene rings is 1. The van der Waals surface area contributed by atoms with Gasteiger partial charge in [0.2, 0.25) is 5.91 Å². The van der Waals surface area contributed by atoms with Crippen molar-refractivity contribution in [3.05, 3.63) is 62.4 Å². The highest BCUT2D eigenvalue weighted by Crippen LogP contribution is 2.25. The van der Waals surface area contributed by atoms with Crippen molar-refractivity contribution in [2.75, 3.05) is 26.8 Å². The number of hydrogen-bond donors (Lipinski definition) is 2. The maximum atomic E-state index is 12.6. The van der Waals surface area contributed by atoms with Crippen LogP contribution in [0.15, 0.2) is 40.1 Å². The standard InChI is InChI=1S/C19H22N4O6/c1-28-13-4-2-3-12(9-13)15-11-22(7-8-29-15)16(24)5-6-23-10-14(17(20)25)18(26)21-19(23)27/h2-4,9-10,15H,5-8,11H2,1H3,(H2,20,25)(H,21,26,27). The first-order valence-electron chi connectivity index (χ1n) is 9.06. The van der Waals surface area contributed by atoms with Gasteiger partial charge in [-0.05, 0) is 17.7 Å². The van der Waals surface area contributed by atoms with Crippen molar-refractivity contribution in [2.24, 2.45) is 5.73 Å². The van der Waals surface area contributed by atoms with Gasteiger partial charge in [0.15, 0.2) is 0 Å². The Bertz CT molecular complexity index is 1030. The van der Waals surface area contributed by atoms with Gasteiger partial charge in [-0.15, -0.1) is 0 Å². The number of primary amides is 1. The van der Waals surface area contributed by atoms with Crippen molar-refractivity contribution in [3.8, 4) is 5.75 Å². The van der Waals surface area contributed by atoms with Crippen molar-refractivity contribution in [1.29, 1.82) is 0 Å². The number of morpholine rings is 1. The number of methoxy groups -OCH3 is 1. The average Bonchev–Trinajstić information content (AvgIpc) is 2.72. The molecule has 0 radical (unpaired) electrons. The van der Waals surface area contributed by atoms with E-state index in [1.807, 2.05) is 29.2 Å². The molecule has 1 aliphatic heterocycles. The molecule has 1 aliphatic rings. The molecular weight excluding hydrogens is 380 g/mol. The Balaban J connectivity index is 1.66. The number of ether oxygens (including phenoxy) is 2. The Kier molecular flexibility index (Phi) is 6.13. The van der Waals surface area contributed by atoms with Crippen molar-refractivity contribution >= 4 is 11.8 Å². The molecule has 2 amide bonds. The molecule has 29 heavy (non-hydrogen) atoms. The molecule has 1 aromatic carbocycles. The molecule has 3 rings (SSSR count). The lowest BCUT2D eigenvalue weighted by atomic mass is 10.1. The number of carbonyl (C=O) groups is 2. The van der Waals surface area contributed by atoms with Crippen LogP contribution >= 0.6 is 0 Å². The number of hydrogen-bond acceptors (Lipinski definition) is 6. The van der Waals surface area contributed by atoms with Gasteiger partial charge in [0.25, 0.3) is 11.5 Å². The van der Waals surface area contributed by atoms with Gasteiger partial charge in [-0.25, -0.2) is 4.79 Å². The molecule has 2 heterocycles. The summed E-state index contributed by atoms with van der Waals surface area (Å²) in [6.45, 7) is 1.21. The minimum atomic E-state index is -0.944. The minimum Gasteiger partial charge on any atom is -0.497 e. The van der Waals surface area contributed by atoms with Gasteiger partial charge in [0.05, 0.1) is 20.3 Å². The topological polar surface area (TPSA) is 137 Å². The van der Waals surface area contributed by atoms with Crippen LogP contribution in [0.3, 0.4) is 0 Å². The summed E-state index contributed by atoms with van der Waals surface area (Å²) in [6, 6.07) is 7.46. The Morgan fingerprint density at radius 1 is 1.34 bits per heavy atom. The van der Waals surface area contributed by atoms with Crippen LogP contribution in [-0.4, -0.2) is 53.1 Å². The lowest BCUT2D eigenvalue weighted by Crippen LogP contribution is -2.43. The molecule has 154 valence electrons. The van der Waals surface area contributed by atoms with E-state index in [1.165, 1.54) is 0 Å². The van der Waals surface area contributed by atoms with E-state index >= 15 is 0 Å². The van der Waals surface area contributed by atoms with Crippen LogP contribution in [0.4, 0.5) is 0 Å². The van der Waals surface area contributed by atoms with E-state index in [1.54, 1.807) is 12.0 Å². The zero-order chi connectivity index (χ0) is 21.0. The number of amides is 2. The third-order valence-electron chi connectivity index (χ3n) is 4.73.